The van der Waals surface area contributed by atoms with Crippen LogP contribution in [0.3, 0.4) is 0 Å². The molecule has 140 valence electrons. The number of rotatable bonds is 4. The Balaban J connectivity index is 1.66. The van der Waals surface area contributed by atoms with Crippen molar-refractivity contribution in [3.63, 3.8) is 0 Å². The molecule has 4 aromatic rings. The first kappa shape index (κ1) is 19.0. The van der Waals surface area contributed by atoms with Gasteiger partial charge in [0.05, 0.1) is 26.6 Å². The van der Waals surface area contributed by atoms with E-state index in [1.165, 1.54) is 0 Å². The zero-order valence-electron chi connectivity index (χ0n) is 14.9. The average molecular weight is 430 g/mol. The van der Waals surface area contributed by atoms with Crippen molar-refractivity contribution in [3.8, 4) is 11.4 Å². The fraction of sp³-hybridized carbons (Fsp3) is 0.0909. The first-order valence-electron chi connectivity index (χ1n) is 8.65. The standard InChI is InChI=1S/C22H15Cl3N2O/c1-12-5-6-13(9-17(12)25)10-20(28)14-7-8-18-19(11-14)27-22(26-18)21-15(23)3-2-4-16(21)24/h2-9,11H,10H2,1H3,(H,26,27). The number of benzene rings is 3. The van der Waals surface area contributed by atoms with Crippen molar-refractivity contribution in [2.24, 2.45) is 0 Å². The summed E-state index contributed by atoms with van der Waals surface area (Å²) in [6.45, 7) is 1.93. The number of Topliss-reactive ketones (excluding diaryl/α,β-unsaturated/α-hetero) is 1. The van der Waals surface area contributed by atoms with Crippen LogP contribution in [0.1, 0.15) is 21.5 Å². The van der Waals surface area contributed by atoms with Crippen LogP contribution in [0.25, 0.3) is 22.4 Å². The molecule has 0 bridgehead atoms. The van der Waals surface area contributed by atoms with Gasteiger partial charge in [-0.2, -0.15) is 0 Å². The predicted octanol–water partition coefficient (Wildman–Crippen LogP) is 6.92. The largest absolute Gasteiger partial charge is 0.338 e. The molecule has 0 amide bonds. The van der Waals surface area contributed by atoms with Crippen molar-refractivity contribution in [2.75, 3.05) is 0 Å². The van der Waals surface area contributed by atoms with Crippen LogP contribution in [0, 0.1) is 6.92 Å². The molecule has 0 atom stereocenters. The van der Waals surface area contributed by atoms with E-state index in [0.717, 1.165) is 22.2 Å². The van der Waals surface area contributed by atoms with Gasteiger partial charge in [-0.25, -0.2) is 4.98 Å². The third kappa shape index (κ3) is 3.66. The second kappa shape index (κ2) is 7.59. The Morgan fingerprint density at radius 2 is 1.71 bits per heavy atom. The minimum atomic E-state index is 0.00810. The summed E-state index contributed by atoms with van der Waals surface area (Å²) in [5.41, 5.74) is 4.60. The molecule has 4 rings (SSSR count). The summed E-state index contributed by atoms with van der Waals surface area (Å²) >= 11 is 18.7. The van der Waals surface area contributed by atoms with Gasteiger partial charge in [0.1, 0.15) is 5.82 Å². The van der Waals surface area contributed by atoms with Gasteiger partial charge in [0.25, 0.3) is 0 Å². The van der Waals surface area contributed by atoms with Gasteiger partial charge in [-0.1, -0.05) is 53.0 Å². The SMILES string of the molecule is Cc1ccc(CC(=O)c2ccc3nc(-c4c(Cl)cccc4Cl)[nH]c3c2)cc1Cl. The van der Waals surface area contributed by atoms with E-state index in [1.807, 2.05) is 31.2 Å². The summed E-state index contributed by atoms with van der Waals surface area (Å²) in [5.74, 6) is 0.578. The number of nitrogens with zero attached hydrogens (tertiary/aromatic N) is 1. The van der Waals surface area contributed by atoms with Gasteiger partial charge >= 0.3 is 0 Å². The van der Waals surface area contributed by atoms with Crippen LogP contribution in [0.4, 0.5) is 0 Å². The average Bonchev–Trinajstić information content (AvgIpc) is 3.07. The van der Waals surface area contributed by atoms with Crippen LogP contribution in [-0.4, -0.2) is 15.8 Å². The third-order valence-electron chi connectivity index (χ3n) is 4.60. The van der Waals surface area contributed by atoms with E-state index in [4.69, 9.17) is 34.8 Å². The number of hydrogen-bond donors (Lipinski definition) is 1. The van der Waals surface area contributed by atoms with E-state index >= 15 is 0 Å². The number of carbonyl (C=O) groups is 1. The lowest BCUT2D eigenvalue weighted by atomic mass is 10.0. The molecule has 0 spiro atoms. The Morgan fingerprint density at radius 1 is 0.964 bits per heavy atom. The molecule has 3 aromatic carbocycles. The molecule has 0 fully saturated rings. The summed E-state index contributed by atoms with van der Waals surface area (Å²) in [6, 6.07) is 16.4. The van der Waals surface area contributed by atoms with E-state index in [-0.39, 0.29) is 12.2 Å². The zero-order valence-corrected chi connectivity index (χ0v) is 17.2. The Hall–Kier alpha value is -2.33. The maximum absolute atomic E-state index is 12.7. The summed E-state index contributed by atoms with van der Waals surface area (Å²) in [4.78, 5) is 20.5. The number of nitrogens with one attached hydrogen (secondary N) is 1. The first-order chi connectivity index (χ1) is 13.4. The van der Waals surface area contributed by atoms with E-state index in [1.54, 1.807) is 30.3 Å². The molecule has 0 aliphatic rings. The minimum absolute atomic E-state index is 0.00810. The predicted molar refractivity (Wildman–Crippen MR) is 116 cm³/mol. The Kier molecular flexibility index (Phi) is 5.15. The number of halogens is 3. The van der Waals surface area contributed by atoms with Crippen LogP contribution >= 0.6 is 34.8 Å². The van der Waals surface area contributed by atoms with Crippen molar-refractivity contribution < 1.29 is 4.79 Å². The molecule has 28 heavy (non-hydrogen) atoms. The molecule has 0 saturated heterocycles. The van der Waals surface area contributed by atoms with Gasteiger partial charge in [-0.15, -0.1) is 0 Å². The molecule has 0 unspecified atom stereocenters. The number of imidazole rings is 1. The summed E-state index contributed by atoms with van der Waals surface area (Å²) < 4.78 is 0. The molecule has 6 heteroatoms. The second-order valence-corrected chi connectivity index (χ2v) is 7.82. The summed E-state index contributed by atoms with van der Waals surface area (Å²) in [5, 5.41) is 1.69. The number of aryl methyl sites for hydroxylation is 1. The normalized spacial score (nSPS) is 11.1. The first-order valence-corrected chi connectivity index (χ1v) is 9.78. The van der Waals surface area contributed by atoms with Crippen molar-refractivity contribution in [1.29, 1.82) is 0 Å². The van der Waals surface area contributed by atoms with Crippen LogP contribution in [0.15, 0.2) is 54.6 Å². The zero-order chi connectivity index (χ0) is 19.8. The maximum Gasteiger partial charge on any atom is 0.167 e. The number of H-pyrrole nitrogens is 1. The molecule has 3 nitrogen and oxygen atoms in total. The maximum atomic E-state index is 12.7. The van der Waals surface area contributed by atoms with Crippen LogP contribution in [-0.2, 0) is 6.42 Å². The molecule has 1 N–H and O–H groups in total. The fourth-order valence-electron chi connectivity index (χ4n) is 3.06. The third-order valence-corrected chi connectivity index (χ3v) is 5.64. The number of carbonyl (C=O) groups excluding carboxylic acids is 1. The van der Waals surface area contributed by atoms with Crippen LogP contribution in [0.2, 0.25) is 15.1 Å². The molecule has 0 saturated carbocycles. The highest BCUT2D eigenvalue weighted by Crippen LogP contribution is 2.34. The highest BCUT2D eigenvalue weighted by molar-refractivity contribution is 6.39. The smallest absolute Gasteiger partial charge is 0.167 e. The van der Waals surface area contributed by atoms with E-state index in [9.17, 15) is 4.79 Å². The lowest BCUT2D eigenvalue weighted by Crippen LogP contribution is -2.03. The number of fused-ring (bicyclic) bond motifs is 1. The van der Waals surface area contributed by atoms with Gasteiger partial charge in [0.15, 0.2) is 5.78 Å². The Labute approximate surface area is 177 Å². The Bertz CT molecular complexity index is 1190. The molecule has 0 aliphatic carbocycles. The van der Waals surface area contributed by atoms with E-state index < -0.39 is 0 Å². The van der Waals surface area contributed by atoms with Crippen LogP contribution in [0.5, 0.6) is 0 Å². The lowest BCUT2D eigenvalue weighted by molar-refractivity contribution is 0.0993. The summed E-state index contributed by atoms with van der Waals surface area (Å²) in [7, 11) is 0. The molecule has 1 heterocycles. The van der Waals surface area contributed by atoms with Gasteiger partial charge in [-0.3, -0.25) is 4.79 Å². The highest BCUT2D eigenvalue weighted by Gasteiger charge is 2.15. The number of ketones is 1. The Morgan fingerprint density at radius 3 is 2.43 bits per heavy atom. The van der Waals surface area contributed by atoms with Crippen molar-refractivity contribution in [3.05, 3.63) is 86.4 Å². The molecule has 1 aromatic heterocycles. The van der Waals surface area contributed by atoms with Gasteiger partial charge in [0.2, 0.25) is 0 Å². The van der Waals surface area contributed by atoms with Gasteiger partial charge < -0.3 is 4.98 Å². The number of hydrogen-bond acceptors (Lipinski definition) is 2. The minimum Gasteiger partial charge on any atom is -0.338 e. The molecule has 0 radical (unpaired) electrons. The van der Waals surface area contributed by atoms with Gasteiger partial charge in [0, 0.05) is 17.0 Å². The topological polar surface area (TPSA) is 45.8 Å². The van der Waals surface area contributed by atoms with Gasteiger partial charge in [-0.05, 0) is 54.4 Å². The van der Waals surface area contributed by atoms with Crippen molar-refractivity contribution >= 4 is 51.6 Å². The second-order valence-electron chi connectivity index (χ2n) is 6.60. The summed E-state index contributed by atoms with van der Waals surface area (Å²) in [6.07, 6.45) is 0.281. The molecule has 0 aliphatic heterocycles. The van der Waals surface area contributed by atoms with Crippen molar-refractivity contribution in [2.45, 2.75) is 13.3 Å². The fourth-order valence-corrected chi connectivity index (χ4v) is 3.84. The van der Waals surface area contributed by atoms with Crippen molar-refractivity contribution in [1.82, 2.24) is 9.97 Å². The highest BCUT2D eigenvalue weighted by atomic mass is 35.5. The number of aromatic amines is 1. The quantitative estimate of drug-likeness (QED) is 0.358. The monoisotopic (exact) mass is 428 g/mol. The van der Waals surface area contributed by atoms with E-state index in [0.29, 0.717) is 32.0 Å². The lowest BCUT2D eigenvalue weighted by Gasteiger charge is -2.04. The van der Waals surface area contributed by atoms with Crippen LogP contribution < -0.4 is 0 Å². The number of aromatic nitrogens is 2. The van der Waals surface area contributed by atoms with E-state index in [2.05, 4.69) is 9.97 Å². The molecular formula is C22H15Cl3N2O. The molecular weight excluding hydrogens is 415 g/mol.